The maximum atomic E-state index is 12.0. The molecule has 1 atom stereocenters. The average Bonchev–Trinajstić information content (AvgIpc) is 2.38. The largest absolute Gasteiger partial charge is 0.481 e. The van der Waals surface area contributed by atoms with E-state index in [0.717, 1.165) is 12.8 Å². The number of amides is 1. The van der Waals surface area contributed by atoms with Crippen molar-refractivity contribution >= 4 is 11.9 Å². The number of likely N-dealkylation sites (tertiary alicyclic amines) is 1. The van der Waals surface area contributed by atoms with Crippen LogP contribution in [0.5, 0.6) is 0 Å². The lowest BCUT2D eigenvalue weighted by Gasteiger charge is -2.39. The van der Waals surface area contributed by atoms with E-state index in [4.69, 9.17) is 0 Å². The first kappa shape index (κ1) is 15.0. The quantitative estimate of drug-likeness (QED) is 0.821. The first-order valence-electron chi connectivity index (χ1n) is 6.99. The number of aliphatic carboxylic acids is 1. The number of rotatable bonds is 5. The molecule has 0 aromatic rings. The van der Waals surface area contributed by atoms with Gasteiger partial charge in [0.25, 0.3) is 0 Å². The number of carboxylic acids is 1. The summed E-state index contributed by atoms with van der Waals surface area (Å²) in [6.07, 6.45) is 3.63. The standard InChI is InChI=1S/C14H25NO3/c1-4-6-14(13(17)18)7-9-15(10-8-14)12(16)11(3)5-2/h11H,4-10H2,1-3H3,(H,17,18). The van der Waals surface area contributed by atoms with E-state index in [9.17, 15) is 14.7 Å². The number of hydrogen-bond donors (Lipinski definition) is 1. The van der Waals surface area contributed by atoms with Gasteiger partial charge in [0.05, 0.1) is 5.41 Å². The van der Waals surface area contributed by atoms with E-state index in [2.05, 4.69) is 0 Å². The molecular weight excluding hydrogens is 230 g/mol. The van der Waals surface area contributed by atoms with Crippen LogP contribution >= 0.6 is 0 Å². The molecule has 4 nitrogen and oxygen atoms in total. The summed E-state index contributed by atoms with van der Waals surface area (Å²) >= 11 is 0. The summed E-state index contributed by atoms with van der Waals surface area (Å²) < 4.78 is 0. The van der Waals surface area contributed by atoms with Crippen LogP contribution in [0.15, 0.2) is 0 Å². The highest BCUT2D eigenvalue weighted by Gasteiger charge is 2.41. The molecule has 104 valence electrons. The minimum Gasteiger partial charge on any atom is -0.481 e. The molecule has 1 aliphatic heterocycles. The average molecular weight is 255 g/mol. The fourth-order valence-corrected chi connectivity index (χ4v) is 2.69. The molecule has 18 heavy (non-hydrogen) atoms. The second-order valence-electron chi connectivity index (χ2n) is 5.47. The first-order valence-corrected chi connectivity index (χ1v) is 6.99. The summed E-state index contributed by atoms with van der Waals surface area (Å²) in [5, 5.41) is 9.40. The highest BCUT2D eigenvalue weighted by atomic mass is 16.4. The molecule has 1 fully saturated rings. The predicted molar refractivity (Wildman–Crippen MR) is 70.2 cm³/mol. The van der Waals surface area contributed by atoms with E-state index < -0.39 is 11.4 Å². The molecule has 1 aliphatic rings. The van der Waals surface area contributed by atoms with E-state index in [-0.39, 0.29) is 11.8 Å². The molecule has 0 radical (unpaired) electrons. The Hall–Kier alpha value is -1.06. The number of piperidine rings is 1. The SMILES string of the molecule is CCCC1(C(=O)O)CCN(C(=O)C(C)CC)CC1. The number of hydrogen-bond acceptors (Lipinski definition) is 2. The van der Waals surface area contributed by atoms with Crippen LogP contribution in [-0.2, 0) is 9.59 Å². The van der Waals surface area contributed by atoms with Crippen molar-refractivity contribution in [1.29, 1.82) is 0 Å². The number of carboxylic acid groups (broad SMARTS) is 1. The maximum Gasteiger partial charge on any atom is 0.309 e. The Bertz CT molecular complexity index is 306. The molecule has 0 spiro atoms. The van der Waals surface area contributed by atoms with Crippen LogP contribution < -0.4 is 0 Å². The Balaban J connectivity index is 2.63. The van der Waals surface area contributed by atoms with E-state index in [1.165, 1.54) is 0 Å². The van der Waals surface area contributed by atoms with Crippen LogP contribution in [-0.4, -0.2) is 35.0 Å². The second kappa shape index (κ2) is 6.21. The number of nitrogens with zero attached hydrogens (tertiary/aromatic N) is 1. The molecule has 0 aliphatic carbocycles. The van der Waals surface area contributed by atoms with Crippen LogP contribution in [0.2, 0.25) is 0 Å². The molecule has 0 bridgehead atoms. The van der Waals surface area contributed by atoms with Crippen LogP contribution in [0, 0.1) is 11.3 Å². The minimum atomic E-state index is -0.694. The van der Waals surface area contributed by atoms with Gasteiger partial charge in [-0.25, -0.2) is 0 Å². The molecular formula is C14H25NO3. The summed E-state index contributed by atoms with van der Waals surface area (Å²) in [4.78, 5) is 25.3. The zero-order valence-corrected chi connectivity index (χ0v) is 11.7. The van der Waals surface area contributed by atoms with Crippen molar-refractivity contribution in [1.82, 2.24) is 4.90 Å². The predicted octanol–water partition coefficient (Wildman–Crippen LogP) is 2.53. The van der Waals surface area contributed by atoms with E-state index in [0.29, 0.717) is 32.4 Å². The summed E-state index contributed by atoms with van der Waals surface area (Å²) in [5.74, 6) is -0.471. The normalized spacial score (nSPS) is 20.5. The number of carbonyl (C=O) groups is 2. The smallest absolute Gasteiger partial charge is 0.309 e. The van der Waals surface area contributed by atoms with Crippen LogP contribution in [0.4, 0.5) is 0 Å². The molecule has 0 aromatic heterocycles. The van der Waals surface area contributed by atoms with Crippen molar-refractivity contribution in [2.75, 3.05) is 13.1 Å². The molecule has 4 heteroatoms. The Morgan fingerprint density at radius 2 is 1.83 bits per heavy atom. The van der Waals surface area contributed by atoms with Gasteiger partial charge in [0.1, 0.15) is 0 Å². The van der Waals surface area contributed by atoms with Crippen LogP contribution in [0.25, 0.3) is 0 Å². The molecule has 1 heterocycles. The van der Waals surface area contributed by atoms with Gasteiger partial charge in [-0.15, -0.1) is 0 Å². The molecule has 1 unspecified atom stereocenters. The number of carbonyl (C=O) groups excluding carboxylic acids is 1. The zero-order valence-electron chi connectivity index (χ0n) is 11.7. The summed E-state index contributed by atoms with van der Waals surface area (Å²) in [5.41, 5.74) is -0.596. The summed E-state index contributed by atoms with van der Waals surface area (Å²) in [7, 11) is 0. The third kappa shape index (κ3) is 3.03. The Morgan fingerprint density at radius 3 is 2.22 bits per heavy atom. The molecule has 1 rings (SSSR count). The fourth-order valence-electron chi connectivity index (χ4n) is 2.69. The third-order valence-corrected chi connectivity index (χ3v) is 4.25. The third-order valence-electron chi connectivity index (χ3n) is 4.25. The van der Waals surface area contributed by atoms with Gasteiger partial charge >= 0.3 is 5.97 Å². The zero-order chi connectivity index (χ0) is 13.8. The lowest BCUT2D eigenvalue weighted by atomic mass is 9.75. The summed E-state index contributed by atoms with van der Waals surface area (Å²) in [6, 6.07) is 0. The minimum absolute atomic E-state index is 0.0495. The highest BCUT2D eigenvalue weighted by molar-refractivity contribution is 5.79. The first-order chi connectivity index (χ1) is 8.46. The second-order valence-corrected chi connectivity index (χ2v) is 5.47. The Morgan fingerprint density at radius 1 is 1.28 bits per heavy atom. The van der Waals surface area contributed by atoms with Gasteiger partial charge in [-0.2, -0.15) is 0 Å². The van der Waals surface area contributed by atoms with Gasteiger partial charge in [0.2, 0.25) is 5.91 Å². The molecule has 0 aromatic carbocycles. The summed E-state index contributed by atoms with van der Waals surface area (Å²) in [6.45, 7) is 7.14. The fraction of sp³-hybridized carbons (Fsp3) is 0.857. The molecule has 0 saturated carbocycles. The van der Waals surface area contributed by atoms with Gasteiger partial charge in [0.15, 0.2) is 0 Å². The van der Waals surface area contributed by atoms with Crippen molar-refractivity contribution in [2.45, 2.75) is 52.9 Å². The van der Waals surface area contributed by atoms with Gasteiger partial charge in [-0.1, -0.05) is 27.2 Å². The van der Waals surface area contributed by atoms with Gasteiger partial charge in [-0.05, 0) is 25.7 Å². The van der Waals surface area contributed by atoms with Crippen molar-refractivity contribution in [3.8, 4) is 0 Å². The lowest BCUT2D eigenvalue weighted by Crippen LogP contribution is -2.47. The lowest BCUT2D eigenvalue weighted by molar-refractivity contribution is -0.155. The van der Waals surface area contributed by atoms with Crippen molar-refractivity contribution in [3.63, 3.8) is 0 Å². The van der Waals surface area contributed by atoms with Gasteiger partial charge in [-0.3, -0.25) is 9.59 Å². The van der Waals surface area contributed by atoms with E-state index in [1.807, 2.05) is 25.7 Å². The molecule has 1 saturated heterocycles. The van der Waals surface area contributed by atoms with Crippen molar-refractivity contribution in [2.24, 2.45) is 11.3 Å². The monoisotopic (exact) mass is 255 g/mol. The topological polar surface area (TPSA) is 57.6 Å². The highest BCUT2D eigenvalue weighted by Crippen LogP contribution is 2.36. The van der Waals surface area contributed by atoms with Crippen molar-refractivity contribution in [3.05, 3.63) is 0 Å². The van der Waals surface area contributed by atoms with E-state index in [1.54, 1.807) is 0 Å². The van der Waals surface area contributed by atoms with Crippen molar-refractivity contribution < 1.29 is 14.7 Å². The van der Waals surface area contributed by atoms with Gasteiger partial charge < -0.3 is 10.0 Å². The van der Waals surface area contributed by atoms with E-state index >= 15 is 0 Å². The van der Waals surface area contributed by atoms with Crippen LogP contribution in [0.3, 0.4) is 0 Å². The Labute approximate surface area is 109 Å². The molecule has 1 amide bonds. The Kier molecular flexibility index (Phi) is 5.17. The van der Waals surface area contributed by atoms with Crippen LogP contribution in [0.1, 0.15) is 52.9 Å². The maximum absolute atomic E-state index is 12.0. The molecule has 1 N–H and O–H groups in total. The van der Waals surface area contributed by atoms with Gasteiger partial charge in [0, 0.05) is 19.0 Å².